The monoisotopic (exact) mass is 208 g/mol. The number of aromatic carboxylic acids is 1. The molecule has 0 spiro atoms. The van der Waals surface area contributed by atoms with E-state index in [9.17, 15) is 4.79 Å². The van der Waals surface area contributed by atoms with Crippen molar-refractivity contribution in [2.24, 2.45) is 0 Å². The first kappa shape index (κ1) is 11.5. The van der Waals surface area contributed by atoms with Crippen LogP contribution in [0.4, 0.5) is 5.82 Å². The van der Waals surface area contributed by atoms with Gasteiger partial charge in [0.15, 0.2) is 0 Å². The van der Waals surface area contributed by atoms with Gasteiger partial charge in [0.2, 0.25) is 0 Å². The molecule has 0 atom stereocenters. The van der Waals surface area contributed by atoms with E-state index in [1.165, 1.54) is 0 Å². The third-order valence-electron chi connectivity index (χ3n) is 2.20. The molecule has 4 nitrogen and oxygen atoms in total. The molecular weight excluding hydrogens is 192 g/mol. The topological polar surface area (TPSA) is 62.2 Å². The molecule has 15 heavy (non-hydrogen) atoms. The molecule has 0 aliphatic carbocycles. The Bertz CT molecular complexity index is 350. The Labute approximate surface area is 89.3 Å². The zero-order valence-electron chi connectivity index (χ0n) is 9.08. The quantitative estimate of drug-likeness (QED) is 0.729. The molecule has 0 radical (unpaired) electrons. The van der Waals surface area contributed by atoms with Gasteiger partial charge in [-0.3, -0.25) is 0 Å². The van der Waals surface area contributed by atoms with E-state index in [1.54, 1.807) is 19.2 Å². The van der Waals surface area contributed by atoms with Gasteiger partial charge in [-0.25, -0.2) is 9.78 Å². The van der Waals surface area contributed by atoms with Gasteiger partial charge in [-0.05, 0) is 25.0 Å². The molecule has 4 heteroatoms. The Balaban J connectivity index is 2.86. The number of nitrogens with zero attached hydrogens (tertiary/aromatic N) is 1. The Morgan fingerprint density at radius 1 is 1.60 bits per heavy atom. The number of carboxylic acid groups (broad SMARTS) is 1. The van der Waals surface area contributed by atoms with Crippen molar-refractivity contribution in [3.63, 3.8) is 0 Å². The Kier molecular flexibility index (Phi) is 4.09. The number of hydrogen-bond donors (Lipinski definition) is 2. The third kappa shape index (κ3) is 2.94. The minimum absolute atomic E-state index is 0.272. The highest BCUT2D eigenvalue weighted by molar-refractivity contribution is 5.94. The van der Waals surface area contributed by atoms with E-state index in [0.29, 0.717) is 5.82 Å². The van der Waals surface area contributed by atoms with E-state index in [1.807, 2.05) is 0 Å². The van der Waals surface area contributed by atoms with Crippen LogP contribution in [0.25, 0.3) is 0 Å². The van der Waals surface area contributed by atoms with Gasteiger partial charge in [0.25, 0.3) is 0 Å². The minimum atomic E-state index is -0.931. The molecule has 0 unspecified atom stereocenters. The largest absolute Gasteiger partial charge is 0.478 e. The summed E-state index contributed by atoms with van der Waals surface area (Å²) < 4.78 is 0. The van der Waals surface area contributed by atoms with Crippen molar-refractivity contribution >= 4 is 11.8 Å². The van der Waals surface area contributed by atoms with Crippen LogP contribution in [0.2, 0.25) is 0 Å². The van der Waals surface area contributed by atoms with Gasteiger partial charge < -0.3 is 10.4 Å². The Morgan fingerprint density at radius 2 is 2.33 bits per heavy atom. The molecule has 82 valence electrons. The summed E-state index contributed by atoms with van der Waals surface area (Å²) in [5.74, 6) is -0.462. The second-order valence-electron chi connectivity index (χ2n) is 3.44. The third-order valence-corrected chi connectivity index (χ3v) is 2.20. The molecule has 0 saturated carbocycles. The summed E-state index contributed by atoms with van der Waals surface area (Å²) in [4.78, 5) is 15.0. The fourth-order valence-electron chi connectivity index (χ4n) is 1.35. The average Bonchev–Trinajstić information content (AvgIpc) is 2.17. The van der Waals surface area contributed by atoms with Crippen molar-refractivity contribution < 1.29 is 9.90 Å². The van der Waals surface area contributed by atoms with E-state index in [-0.39, 0.29) is 5.56 Å². The molecule has 2 N–H and O–H groups in total. The van der Waals surface area contributed by atoms with Crippen LogP contribution in [0.1, 0.15) is 35.7 Å². The molecule has 0 aromatic carbocycles. The fourth-order valence-corrected chi connectivity index (χ4v) is 1.35. The SMILES string of the molecule is CCCCNc1nccc(C)c1C(=O)O. The van der Waals surface area contributed by atoms with Gasteiger partial charge in [0.05, 0.1) is 0 Å². The van der Waals surface area contributed by atoms with Crippen molar-refractivity contribution in [1.82, 2.24) is 4.98 Å². The van der Waals surface area contributed by atoms with Crippen molar-refractivity contribution in [3.8, 4) is 0 Å². The van der Waals surface area contributed by atoms with E-state index < -0.39 is 5.97 Å². The van der Waals surface area contributed by atoms with E-state index in [4.69, 9.17) is 5.11 Å². The maximum absolute atomic E-state index is 11.0. The molecule has 0 fully saturated rings. The van der Waals surface area contributed by atoms with Crippen LogP contribution < -0.4 is 5.32 Å². The molecule has 0 amide bonds. The number of hydrogen-bond acceptors (Lipinski definition) is 3. The van der Waals surface area contributed by atoms with Gasteiger partial charge in [0, 0.05) is 12.7 Å². The first-order valence-electron chi connectivity index (χ1n) is 5.09. The van der Waals surface area contributed by atoms with Crippen molar-refractivity contribution in [2.75, 3.05) is 11.9 Å². The highest BCUT2D eigenvalue weighted by Gasteiger charge is 2.13. The zero-order chi connectivity index (χ0) is 11.3. The van der Waals surface area contributed by atoms with Gasteiger partial charge in [-0.1, -0.05) is 13.3 Å². The molecule has 0 saturated heterocycles. The summed E-state index contributed by atoms with van der Waals surface area (Å²) in [6.45, 7) is 4.62. The second-order valence-corrected chi connectivity index (χ2v) is 3.44. The predicted molar refractivity (Wildman–Crippen MR) is 59.3 cm³/mol. The summed E-state index contributed by atoms with van der Waals surface area (Å²) in [7, 11) is 0. The normalized spacial score (nSPS) is 10.0. The van der Waals surface area contributed by atoms with Crippen LogP contribution >= 0.6 is 0 Å². The van der Waals surface area contributed by atoms with Gasteiger partial charge in [0.1, 0.15) is 11.4 Å². The predicted octanol–water partition coefficient (Wildman–Crippen LogP) is 2.30. The van der Waals surface area contributed by atoms with Gasteiger partial charge >= 0.3 is 5.97 Å². The molecular formula is C11H16N2O2. The van der Waals surface area contributed by atoms with E-state index >= 15 is 0 Å². The lowest BCUT2D eigenvalue weighted by Crippen LogP contribution is -2.10. The van der Waals surface area contributed by atoms with E-state index in [0.717, 1.165) is 24.9 Å². The second kappa shape index (κ2) is 5.34. The number of aryl methyl sites for hydroxylation is 1. The Morgan fingerprint density at radius 3 is 2.93 bits per heavy atom. The number of pyridine rings is 1. The van der Waals surface area contributed by atoms with Crippen molar-refractivity contribution in [2.45, 2.75) is 26.7 Å². The van der Waals surface area contributed by atoms with Crippen LogP contribution in [0, 0.1) is 6.92 Å². The fraction of sp³-hybridized carbons (Fsp3) is 0.455. The van der Waals surface area contributed by atoms with Crippen LogP contribution in [0.5, 0.6) is 0 Å². The number of nitrogens with one attached hydrogen (secondary N) is 1. The van der Waals surface area contributed by atoms with Gasteiger partial charge in [-0.15, -0.1) is 0 Å². The van der Waals surface area contributed by atoms with Gasteiger partial charge in [-0.2, -0.15) is 0 Å². The summed E-state index contributed by atoms with van der Waals surface area (Å²) in [5, 5.41) is 12.1. The molecule has 0 bridgehead atoms. The molecule has 1 heterocycles. The summed E-state index contributed by atoms with van der Waals surface area (Å²) in [6, 6.07) is 1.70. The highest BCUT2D eigenvalue weighted by Crippen LogP contribution is 2.16. The van der Waals surface area contributed by atoms with E-state index in [2.05, 4.69) is 17.2 Å². The van der Waals surface area contributed by atoms with Crippen LogP contribution in [0.15, 0.2) is 12.3 Å². The first-order valence-corrected chi connectivity index (χ1v) is 5.09. The highest BCUT2D eigenvalue weighted by atomic mass is 16.4. The summed E-state index contributed by atoms with van der Waals surface area (Å²) in [5.41, 5.74) is 1.00. The number of carboxylic acids is 1. The minimum Gasteiger partial charge on any atom is -0.478 e. The van der Waals surface area contributed by atoms with Crippen molar-refractivity contribution in [1.29, 1.82) is 0 Å². The van der Waals surface area contributed by atoms with Crippen LogP contribution in [-0.2, 0) is 0 Å². The lowest BCUT2D eigenvalue weighted by atomic mass is 10.1. The maximum atomic E-state index is 11.0. The molecule has 0 aliphatic heterocycles. The number of rotatable bonds is 5. The summed E-state index contributed by atoms with van der Waals surface area (Å²) in [6.07, 6.45) is 3.70. The average molecular weight is 208 g/mol. The Hall–Kier alpha value is -1.58. The lowest BCUT2D eigenvalue weighted by molar-refractivity contribution is 0.0697. The molecule has 1 aromatic rings. The first-order chi connectivity index (χ1) is 7.16. The number of carbonyl (C=O) groups is 1. The van der Waals surface area contributed by atoms with Crippen LogP contribution in [-0.4, -0.2) is 22.6 Å². The number of aromatic nitrogens is 1. The lowest BCUT2D eigenvalue weighted by Gasteiger charge is -2.09. The summed E-state index contributed by atoms with van der Waals surface area (Å²) >= 11 is 0. The zero-order valence-corrected chi connectivity index (χ0v) is 9.08. The smallest absolute Gasteiger partial charge is 0.339 e. The number of unbranched alkanes of at least 4 members (excludes halogenated alkanes) is 1. The standard InChI is InChI=1S/C11H16N2O2/c1-3-4-6-12-10-9(11(14)15)8(2)5-7-13-10/h5,7H,3-4,6H2,1-2H3,(H,12,13)(H,14,15). The molecule has 1 aromatic heterocycles. The maximum Gasteiger partial charge on any atom is 0.339 e. The molecule has 1 rings (SSSR count). The molecule has 0 aliphatic rings. The number of anilines is 1. The van der Waals surface area contributed by atoms with Crippen molar-refractivity contribution in [3.05, 3.63) is 23.4 Å². The van der Waals surface area contributed by atoms with Crippen LogP contribution in [0.3, 0.4) is 0 Å².